The molecule has 0 saturated heterocycles. The summed E-state index contributed by atoms with van der Waals surface area (Å²) in [5, 5.41) is 2.83. The van der Waals surface area contributed by atoms with Crippen LogP contribution < -0.4 is 11.1 Å². The van der Waals surface area contributed by atoms with Gasteiger partial charge in [0.2, 0.25) is 0 Å². The molecule has 2 amide bonds. The lowest BCUT2D eigenvalue weighted by Crippen LogP contribution is -2.33. The van der Waals surface area contributed by atoms with Crippen LogP contribution in [0.25, 0.3) is 0 Å². The third-order valence-corrected chi connectivity index (χ3v) is 10.2. The molecule has 6 heteroatoms. The van der Waals surface area contributed by atoms with E-state index in [2.05, 4.69) is 26.1 Å². The molecule has 0 radical (unpaired) electrons. The number of primary amides is 1. The van der Waals surface area contributed by atoms with E-state index in [1.54, 1.807) is 0 Å². The molecule has 1 fully saturated rings. The van der Waals surface area contributed by atoms with Crippen molar-refractivity contribution in [1.29, 1.82) is 0 Å². The van der Waals surface area contributed by atoms with Crippen LogP contribution in [0.3, 0.4) is 0 Å². The lowest BCUT2D eigenvalue weighted by atomic mass is 10.0. The molecule has 0 aromatic heterocycles. The Morgan fingerprint density at radius 2 is 0.860 bits per heavy atom. The van der Waals surface area contributed by atoms with Crippen LogP contribution >= 0.6 is 0 Å². The Morgan fingerprint density at radius 3 is 1.16 bits per heavy atom. The topological polar surface area (TPSA) is 72.2 Å². The van der Waals surface area contributed by atoms with Gasteiger partial charge in [0.05, 0.1) is 0 Å². The van der Waals surface area contributed by atoms with E-state index in [4.69, 9.17) is 5.73 Å². The largest absolute Gasteiger partial charge is 0.364 e. The second-order valence-corrected chi connectivity index (χ2v) is 15.3. The van der Waals surface area contributed by atoms with Gasteiger partial charge in [-0.15, -0.1) is 0 Å². The maximum absolute atomic E-state index is 13.9. The summed E-state index contributed by atoms with van der Waals surface area (Å²) in [5.74, 6) is -2.20. The molecule has 0 heterocycles. The fourth-order valence-corrected chi connectivity index (χ4v) is 6.92. The first kappa shape index (κ1) is 48.3. The van der Waals surface area contributed by atoms with E-state index in [0.717, 1.165) is 44.9 Å². The minimum atomic E-state index is -0.953. The molecule has 0 spiro atoms. The van der Waals surface area contributed by atoms with Crippen molar-refractivity contribution in [3.05, 3.63) is 23.8 Å². The van der Waals surface area contributed by atoms with Gasteiger partial charge in [-0.3, -0.25) is 9.59 Å². The summed E-state index contributed by atoms with van der Waals surface area (Å²) in [6, 6.07) is 0.169. The number of amides is 2. The number of rotatable bonds is 33. The van der Waals surface area contributed by atoms with Gasteiger partial charge in [-0.1, -0.05) is 188 Å². The number of carbonyl (C=O) groups excluding carboxylic acids is 2. The molecule has 1 aliphatic carbocycles. The van der Waals surface area contributed by atoms with Crippen molar-refractivity contribution in [3.63, 3.8) is 0 Å². The van der Waals surface area contributed by atoms with Crippen molar-refractivity contribution in [2.24, 2.45) is 11.7 Å². The zero-order valence-corrected chi connectivity index (χ0v) is 33.3. The van der Waals surface area contributed by atoms with Crippen LogP contribution in [0.4, 0.5) is 8.78 Å². The lowest BCUT2D eigenvalue weighted by Gasteiger charge is -2.11. The van der Waals surface area contributed by atoms with Gasteiger partial charge in [0.1, 0.15) is 0 Å². The Labute approximate surface area is 309 Å². The fraction of sp³-hybridized carbons (Fsp3) is 0.864. The molecule has 1 rings (SSSR count). The number of nitrogens with one attached hydrogen (secondary N) is 1. The Bertz CT molecular complexity index is 844. The molecule has 0 unspecified atom stereocenters. The van der Waals surface area contributed by atoms with Crippen molar-refractivity contribution < 1.29 is 18.4 Å². The first-order valence-corrected chi connectivity index (χ1v) is 21.6. The lowest BCUT2D eigenvalue weighted by molar-refractivity contribution is -0.119. The molecular weight excluding hydrogens is 626 g/mol. The number of hydrogen-bond acceptors (Lipinski definition) is 2. The molecule has 294 valence electrons. The molecule has 1 aliphatic rings. The fourth-order valence-electron chi connectivity index (χ4n) is 6.92. The van der Waals surface area contributed by atoms with Crippen LogP contribution in [0.5, 0.6) is 0 Å². The van der Waals surface area contributed by atoms with Gasteiger partial charge in [-0.2, -0.15) is 0 Å². The Hall–Kier alpha value is -1.72. The van der Waals surface area contributed by atoms with Crippen LogP contribution in [-0.4, -0.2) is 17.9 Å². The zero-order chi connectivity index (χ0) is 36.9. The van der Waals surface area contributed by atoms with E-state index in [0.29, 0.717) is 18.8 Å². The van der Waals surface area contributed by atoms with Crippen molar-refractivity contribution in [2.45, 2.75) is 239 Å². The van der Waals surface area contributed by atoms with E-state index in [1.807, 2.05) is 0 Å². The van der Waals surface area contributed by atoms with E-state index >= 15 is 0 Å². The molecule has 1 saturated carbocycles. The molecule has 2 atom stereocenters. The summed E-state index contributed by atoms with van der Waals surface area (Å²) >= 11 is 0. The summed E-state index contributed by atoms with van der Waals surface area (Å²) in [6.45, 7) is 6.72. The summed E-state index contributed by atoms with van der Waals surface area (Å²) in [5.41, 5.74) is 4.81. The van der Waals surface area contributed by atoms with Crippen molar-refractivity contribution in [2.75, 3.05) is 0 Å². The third-order valence-electron chi connectivity index (χ3n) is 10.2. The number of halogens is 2. The third kappa shape index (κ3) is 33.4. The first-order chi connectivity index (χ1) is 24.3. The van der Waals surface area contributed by atoms with Crippen molar-refractivity contribution in [1.82, 2.24) is 5.32 Å². The Balaban J connectivity index is 0.000000991. The molecule has 50 heavy (non-hydrogen) atoms. The minimum Gasteiger partial charge on any atom is -0.364 e. The van der Waals surface area contributed by atoms with Crippen molar-refractivity contribution in [3.8, 4) is 0 Å². The Morgan fingerprint density at radius 1 is 0.540 bits per heavy atom. The average molecular weight is 709 g/mol. The van der Waals surface area contributed by atoms with Gasteiger partial charge in [-0.05, 0) is 63.0 Å². The van der Waals surface area contributed by atoms with Crippen LogP contribution in [0.1, 0.15) is 233 Å². The molecule has 4 nitrogen and oxygen atoms in total. The molecule has 3 N–H and O–H groups in total. The maximum atomic E-state index is 13.9. The average Bonchev–Trinajstić information content (AvgIpc) is 3.52. The Kier molecular flexibility index (Phi) is 35.8. The predicted octanol–water partition coefficient (Wildman–Crippen LogP) is 14.2. The summed E-state index contributed by atoms with van der Waals surface area (Å²) in [4.78, 5) is 22.3. The second-order valence-electron chi connectivity index (χ2n) is 15.3. The van der Waals surface area contributed by atoms with E-state index in [9.17, 15) is 18.4 Å². The van der Waals surface area contributed by atoms with Gasteiger partial charge in [0, 0.05) is 6.04 Å². The predicted molar refractivity (Wildman–Crippen MR) is 212 cm³/mol. The summed E-state index contributed by atoms with van der Waals surface area (Å²) in [6.07, 6.45) is 44.1. The second kappa shape index (κ2) is 37.1. The molecule has 0 aromatic rings. The van der Waals surface area contributed by atoms with E-state index in [1.165, 1.54) is 166 Å². The highest BCUT2D eigenvalue weighted by Crippen LogP contribution is 2.25. The first-order valence-electron chi connectivity index (χ1n) is 21.6. The quantitative estimate of drug-likeness (QED) is 0.0526. The number of allylic oxidation sites excluding steroid dienone is 2. The zero-order valence-electron chi connectivity index (χ0n) is 33.3. The van der Waals surface area contributed by atoms with Crippen LogP contribution in [0.15, 0.2) is 23.8 Å². The van der Waals surface area contributed by atoms with Crippen LogP contribution in [0.2, 0.25) is 0 Å². The van der Waals surface area contributed by atoms with Gasteiger partial charge in [-0.25, -0.2) is 8.78 Å². The smallest absolute Gasteiger partial charge is 0.279 e. The highest BCUT2D eigenvalue weighted by Gasteiger charge is 2.23. The standard InChI is InChI=1S/C25H46FNO.C19H36FNO/c1-3-4-5-6-7-8-9-10-11-12-13-14-15-16-17-18-24(26)25(28)27-23-20-19-22(2)21-23;1-2-3-4-5-6-7-8-9-10-11-12-13-14-15-16-17-18(20)19(21)22/h18,22-23H,3-17,19-21H2,1-2H3,(H,27,28);17H,2-16H2,1H3,(H2,21,22)/b24-18-;18-17+/t22-,23+;/m0./s1. The minimum absolute atomic E-state index is 0.169. The van der Waals surface area contributed by atoms with Gasteiger partial charge in [0.25, 0.3) is 11.8 Å². The van der Waals surface area contributed by atoms with Gasteiger partial charge >= 0.3 is 0 Å². The molecule has 0 bridgehead atoms. The highest BCUT2D eigenvalue weighted by molar-refractivity contribution is 5.91. The molecule has 0 aliphatic heterocycles. The number of unbranched alkanes of at least 4 members (excludes halogenated alkanes) is 28. The van der Waals surface area contributed by atoms with Crippen molar-refractivity contribution >= 4 is 11.8 Å². The summed E-state index contributed by atoms with van der Waals surface area (Å²) in [7, 11) is 0. The molecular formula is C44H82F2N2O2. The number of hydrogen-bond donors (Lipinski definition) is 2. The molecule has 0 aromatic carbocycles. The number of carbonyl (C=O) groups is 2. The van der Waals surface area contributed by atoms with Crippen LogP contribution in [0, 0.1) is 5.92 Å². The monoisotopic (exact) mass is 709 g/mol. The van der Waals surface area contributed by atoms with Gasteiger partial charge in [0.15, 0.2) is 11.7 Å². The van der Waals surface area contributed by atoms with Crippen LogP contribution in [-0.2, 0) is 9.59 Å². The summed E-state index contributed by atoms with van der Waals surface area (Å²) < 4.78 is 26.6. The van der Waals surface area contributed by atoms with Gasteiger partial charge < -0.3 is 11.1 Å². The van der Waals surface area contributed by atoms with E-state index < -0.39 is 23.5 Å². The number of nitrogens with two attached hydrogens (primary N) is 1. The van der Waals surface area contributed by atoms with E-state index in [-0.39, 0.29) is 6.04 Å². The normalized spacial score (nSPS) is 16.3. The maximum Gasteiger partial charge on any atom is 0.279 e. The SMILES string of the molecule is CCCCCCCCCCCCCCCC/C=C(/F)C(N)=O.CCCCCCCCCCCCCCCC/C=C(\F)C(=O)N[C@@H]1CC[C@H](C)C1. The highest BCUT2D eigenvalue weighted by atomic mass is 19.1.